The molecule has 0 saturated heterocycles. The molecule has 0 saturated carbocycles. The van der Waals surface area contributed by atoms with Gasteiger partial charge in [0, 0.05) is 16.9 Å². The van der Waals surface area contributed by atoms with Crippen molar-refractivity contribution in [1.82, 2.24) is 0 Å². The number of nitrogens with zero attached hydrogens (tertiary/aromatic N) is 1. The lowest BCUT2D eigenvalue weighted by Gasteiger charge is -2.30. The van der Waals surface area contributed by atoms with Gasteiger partial charge in [-0.15, -0.1) is 0 Å². The van der Waals surface area contributed by atoms with E-state index < -0.39 is 0 Å². The maximum Gasteiger partial charge on any atom is 0.0546 e. The third-order valence-electron chi connectivity index (χ3n) is 9.85. The lowest BCUT2D eigenvalue weighted by Crippen LogP contribution is -2.12. The second-order valence-electron chi connectivity index (χ2n) is 13.0. The van der Waals surface area contributed by atoms with Gasteiger partial charge in [-0.05, 0) is 96.9 Å². The summed E-state index contributed by atoms with van der Waals surface area (Å²) < 4.78 is 0. The molecule has 0 fully saturated rings. The van der Waals surface area contributed by atoms with E-state index in [0.29, 0.717) is 0 Å². The fourth-order valence-electron chi connectivity index (χ4n) is 7.37. The third kappa shape index (κ3) is 5.86. The van der Waals surface area contributed by atoms with Crippen molar-refractivity contribution in [1.29, 1.82) is 0 Å². The van der Waals surface area contributed by atoms with Gasteiger partial charge in [0.1, 0.15) is 0 Å². The van der Waals surface area contributed by atoms with Gasteiger partial charge in [-0.2, -0.15) is 0 Å². The summed E-state index contributed by atoms with van der Waals surface area (Å²) in [6, 6.07) is 76.8. The van der Waals surface area contributed by atoms with E-state index in [1.54, 1.807) is 0 Å². The Morgan fingerprint density at radius 2 is 0.824 bits per heavy atom. The van der Waals surface area contributed by atoms with Crippen molar-refractivity contribution in [3.8, 4) is 44.5 Å². The van der Waals surface area contributed by atoms with E-state index in [9.17, 15) is 0 Å². The summed E-state index contributed by atoms with van der Waals surface area (Å²) in [7, 11) is 0. The van der Waals surface area contributed by atoms with Gasteiger partial charge in [0.2, 0.25) is 0 Å². The van der Waals surface area contributed by atoms with Gasteiger partial charge < -0.3 is 4.90 Å². The van der Waals surface area contributed by atoms with Crippen LogP contribution >= 0.6 is 0 Å². The lowest BCUT2D eigenvalue weighted by molar-refractivity contribution is 1.28. The molecular weight excluding hydrogens is 615 g/mol. The summed E-state index contributed by atoms with van der Waals surface area (Å²) in [4.78, 5) is 2.43. The Morgan fingerprint density at radius 3 is 1.61 bits per heavy atom. The zero-order valence-electron chi connectivity index (χ0n) is 28.2. The van der Waals surface area contributed by atoms with Crippen LogP contribution in [0.5, 0.6) is 0 Å². The first-order valence-electron chi connectivity index (χ1n) is 17.5. The quantitative estimate of drug-likeness (QED) is 0.166. The maximum atomic E-state index is 2.43. The van der Waals surface area contributed by atoms with Gasteiger partial charge in [-0.1, -0.05) is 176 Å². The molecule has 0 heterocycles. The minimum atomic E-state index is 1.09. The van der Waals surface area contributed by atoms with Gasteiger partial charge >= 0.3 is 0 Å². The molecule has 0 unspecified atom stereocenters. The number of benzene rings is 9. The lowest BCUT2D eigenvalue weighted by atomic mass is 9.88. The van der Waals surface area contributed by atoms with E-state index >= 15 is 0 Å². The minimum Gasteiger partial charge on any atom is -0.310 e. The van der Waals surface area contributed by atoms with Crippen LogP contribution in [-0.2, 0) is 0 Å². The zero-order valence-corrected chi connectivity index (χ0v) is 28.2. The Bertz CT molecular complexity index is 2620. The van der Waals surface area contributed by atoms with E-state index in [-0.39, 0.29) is 0 Å². The SMILES string of the molecule is c1ccc(-c2ccc(N(c3cccc(-c4ccccc4)c3)c3cccc(-c4ccc5ccccc5c4)c3-c3cccc4ccccc34)cc2)cc1. The summed E-state index contributed by atoms with van der Waals surface area (Å²) in [6.07, 6.45) is 0. The van der Waals surface area contributed by atoms with E-state index in [1.807, 2.05) is 0 Å². The molecule has 1 heteroatoms. The predicted molar refractivity (Wildman–Crippen MR) is 218 cm³/mol. The Morgan fingerprint density at radius 1 is 0.275 bits per heavy atom. The van der Waals surface area contributed by atoms with Gasteiger partial charge in [0.25, 0.3) is 0 Å². The summed E-state index contributed by atoms with van der Waals surface area (Å²) >= 11 is 0. The first-order valence-corrected chi connectivity index (χ1v) is 17.5. The van der Waals surface area contributed by atoms with Gasteiger partial charge in [-0.25, -0.2) is 0 Å². The molecule has 0 aromatic heterocycles. The molecule has 0 bridgehead atoms. The van der Waals surface area contributed by atoms with E-state index in [2.05, 4.69) is 217 Å². The molecule has 1 nitrogen and oxygen atoms in total. The van der Waals surface area contributed by atoms with Crippen molar-refractivity contribution < 1.29 is 0 Å². The van der Waals surface area contributed by atoms with Crippen LogP contribution in [0.15, 0.2) is 212 Å². The Hall–Kier alpha value is -6.70. The molecule has 9 aromatic carbocycles. The largest absolute Gasteiger partial charge is 0.310 e. The molecule has 0 atom stereocenters. The van der Waals surface area contributed by atoms with E-state index in [4.69, 9.17) is 0 Å². The van der Waals surface area contributed by atoms with Crippen molar-refractivity contribution in [2.45, 2.75) is 0 Å². The molecule has 0 aliphatic heterocycles. The van der Waals surface area contributed by atoms with E-state index in [1.165, 1.54) is 66.1 Å². The van der Waals surface area contributed by atoms with Crippen molar-refractivity contribution in [2.75, 3.05) is 4.90 Å². The Labute approximate surface area is 299 Å². The third-order valence-corrected chi connectivity index (χ3v) is 9.85. The Kier molecular flexibility index (Phi) is 7.92. The molecule has 0 spiro atoms. The maximum absolute atomic E-state index is 2.43. The summed E-state index contributed by atoms with van der Waals surface area (Å²) in [5.74, 6) is 0. The highest BCUT2D eigenvalue weighted by molar-refractivity contribution is 6.07. The first kappa shape index (κ1) is 30.4. The van der Waals surface area contributed by atoms with Crippen molar-refractivity contribution in [3.63, 3.8) is 0 Å². The highest BCUT2D eigenvalue weighted by Gasteiger charge is 2.22. The van der Waals surface area contributed by atoms with Crippen LogP contribution in [0.25, 0.3) is 66.1 Å². The number of fused-ring (bicyclic) bond motifs is 2. The summed E-state index contributed by atoms with van der Waals surface area (Å²) in [6.45, 7) is 0. The molecule has 9 rings (SSSR count). The average molecular weight is 650 g/mol. The molecular formula is C50H35N. The molecule has 0 aliphatic carbocycles. The van der Waals surface area contributed by atoms with Gasteiger partial charge in [-0.3, -0.25) is 0 Å². The summed E-state index contributed by atoms with van der Waals surface area (Å²) in [5.41, 5.74) is 12.9. The fourth-order valence-corrected chi connectivity index (χ4v) is 7.37. The zero-order chi connectivity index (χ0) is 34.0. The first-order chi connectivity index (χ1) is 25.3. The molecule has 0 aliphatic rings. The second kappa shape index (κ2) is 13.3. The van der Waals surface area contributed by atoms with Gasteiger partial charge in [0.15, 0.2) is 0 Å². The minimum absolute atomic E-state index is 1.09. The molecule has 0 radical (unpaired) electrons. The molecule has 9 aromatic rings. The average Bonchev–Trinajstić information content (AvgIpc) is 3.21. The molecule has 51 heavy (non-hydrogen) atoms. The number of anilines is 3. The number of hydrogen-bond acceptors (Lipinski definition) is 1. The predicted octanol–water partition coefficient (Wildman–Crippen LogP) is 14.1. The van der Waals surface area contributed by atoms with Crippen LogP contribution < -0.4 is 4.90 Å². The van der Waals surface area contributed by atoms with Gasteiger partial charge in [0.05, 0.1) is 5.69 Å². The molecule has 240 valence electrons. The standard InChI is InChI=1S/C50H35N/c1-3-14-36(15-4-1)39-30-32-44(33-31-39)51(45-23-11-22-42(35-45)37-16-5-2-6-17-37)49-27-13-25-47(43-29-28-38-18-7-8-20-41(38)34-43)50(49)48-26-12-21-40-19-9-10-24-46(40)48/h1-35H. The monoisotopic (exact) mass is 649 g/mol. The topological polar surface area (TPSA) is 3.24 Å². The molecule has 0 N–H and O–H groups in total. The number of hydrogen-bond donors (Lipinski definition) is 0. The van der Waals surface area contributed by atoms with Crippen molar-refractivity contribution in [2.24, 2.45) is 0 Å². The van der Waals surface area contributed by atoms with Crippen LogP contribution in [0, 0.1) is 0 Å². The normalized spacial score (nSPS) is 11.1. The Balaban J connectivity index is 1.32. The van der Waals surface area contributed by atoms with Crippen LogP contribution in [0.1, 0.15) is 0 Å². The smallest absolute Gasteiger partial charge is 0.0546 e. The van der Waals surface area contributed by atoms with Crippen LogP contribution in [0.3, 0.4) is 0 Å². The van der Waals surface area contributed by atoms with Crippen LogP contribution in [0.2, 0.25) is 0 Å². The van der Waals surface area contributed by atoms with Crippen molar-refractivity contribution in [3.05, 3.63) is 212 Å². The van der Waals surface area contributed by atoms with E-state index in [0.717, 1.165) is 17.1 Å². The molecule has 0 amide bonds. The fraction of sp³-hybridized carbons (Fsp3) is 0. The summed E-state index contributed by atoms with van der Waals surface area (Å²) in [5, 5.41) is 4.92. The number of rotatable bonds is 7. The highest BCUT2D eigenvalue weighted by atomic mass is 15.1. The highest BCUT2D eigenvalue weighted by Crippen LogP contribution is 2.48. The van der Waals surface area contributed by atoms with Crippen LogP contribution in [-0.4, -0.2) is 0 Å². The second-order valence-corrected chi connectivity index (χ2v) is 13.0. The van der Waals surface area contributed by atoms with Crippen LogP contribution in [0.4, 0.5) is 17.1 Å². The van der Waals surface area contributed by atoms with Crippen molar-refractivity contribution >= 4 is 38.6 Å².